The molecule has 2 N–H and O–H groups in total. The molecule has 3 heteroatoms. The molecule has 0 aliphatic rings. The van der Waals surface area contributed by atoms with Gasteiger partial charge in [0.2, 0.25) is 0 Å². The van der Waals surface area contributed by atoms with Gasteiger partial charge in [0.15, 0.2) is 0 Å². The Balaban J connectivity index is 2.36. The first kappa shape index (κ1) is 12.1. The number of nitrogens with two attached hydrogens (primary N) is 1. The van der Waals surface area contributed by atoms with Crippen LogP contribution in [-0.4, -0.2) is 18.2 Å². The van der Waals surface area contributed by atoms with Crippen LogP contribution in [0.25, 0.3) is 0 Å². The van der Waals surface area contributed by atoms with Crippen LogP contribution in [0.3, 0.4) is 0 Å². The van der Waals surface area contributed by atoms with Gasteiger partial charge in [-0.3, -0.25) is 4.98 Å². The summed E-state index contributed by atoms with van der Waals surface area (Å²) in [5, 5.41) is 0. The van der Waals surface area contributed by atoms with Crippen LogP contribution in [0.5, 0.6) is 0 Å². The van der Waals surface area contributed by atoms with E-state index in [2.05, 4.69) is 11.9 Å². The second kappa shape index (κ2) is 6.53. The molecule has 0 aliphatic heterocycles. The standard InChI is InChI=1S/C12H20N2O/c1-3-4-8-15-9-11(13)12-7-5-6-10(2)14-12/h5-7,11H,3-4,8-9,13H2,1-2H3. The largest absolute Gasteiger partial charge is 0.379 e. The average Bonchev–Trinajstić information content (AvgIpc) is 2.24. The Bertz CT molecular complexity index is 289. The van der Waals surface area contributed by atoms with E-state index in [1.54, 1.807) is 0 Å². The first-order valence-electron chi connectivity index (χ1n) is 5.51. The fraction of sp³-hybridized carbons (Fsp3) is 0.583. The summed E-state index contributed by atoms with van der Waals surface area (Å²) in [6.07, 6.45) is 2.24. The van der Waals surface area contributed by atoms with Gasteiger partial charge in [-0.25, -0.2) is 0 Å². The zero-order chi connectivity index (χ0) is 11.1. The lowest BCUT2D eigenvalue weighted by Gasteiger charge is -2.11. The Morgan fingerprint density at radius 1 is 1.47 bits per heavy atom. The molecule has 84 valence electrons. The van der Waals surface area contributed by atoms with E-state index in [1.165, 1.54) is 0 Å². The van der Waals surface area contributed by atoms with Gasteiger partial charge in [-0.2, -0.15) is 0 Å². The number of unbranched alkanes of at least 4 members (excludes halogenated alkanes) is 1. The van der Waals surface area contributed by atoms with Crippen LogP contribution in [0.4, 0.5) is 0 Å². The number of ether oxygens (including phenoxy) is 1. The monoisotopic (exact) mass is 208 g/mol. The highest BCUT2D eigenvalue weighted by Crippen LogP contribution is 2.08. The second-order valence-electron chi connectivity index (χ2n) is 3.74. The van der Waals surface area contributed by atoms with Crippen molar-refractivity contribution < 1.29 is 4.74 Å². The Morgan fingerprint density at radius 2 is 2.27 bits per heavy atom. The summed E-state index contributed by atoms with van der Waals surface area (Å²) in [7, 11) is 0. The number of hydrogen-bond acceptors (Lipinski definition) is 3. The molecule has 0 saturated carbocycles. The van der Waals surface area contributed by atoms with Gasteiger partial charge in [0.1, 0.15) is 0 Å². The molecule has 0 fully saturated rings. The third kappa shape index (κ3) is 4.40. The van der Waals surface area contributed by atoms with Crippen molar-refractivity contribution in [2.45, 2.75) is 32.7 Å². The number of aromatic nitrogens is 1. The predicted molar refractivity (Wildman–Crippen MR) is 61.6 cm³/mol. The van der Waals surface area contributed by atoms with E-state index in [0.29, 0.717) is 6.61 Å². The smallest absolute Gasteiger partial charge is 0.0707 e. The number of hydrogen-bond donors (Lipinski definition) is 1. The third-order valence-corrected chi connectivity index (χ3v) is 2.23. The number of pyridine rings is 1. The molecule has 1 atom stereocenters. The van der Waals surface area contributed by atoms with E-state index in [0.717, 1.165) is 30.8 Å². The predicted octanol–water partition coefficient (Wildman–Crippen LogP) is 2.21. The van der Waals surface area contributed by atoms with E-state index in [4.69, 9.17) is 10.5 Å². The van der Waals surface area contributed by atoms with E-state index < -0.39 is 0 Å². The minimum absolute atomic E-state index is 0.109. The van der Waals surface area contributed by atoms with Gasteiger partial charge in [0.25, 0.3) is 0 Å². The molecule has 1 unspecified atom stereocenters. The number of aryl methyl sites for hydroxylation is 1. The first-order valence-corrected chi connectivity index (χ1v) is 5.51. The fourth-order valence-electron chi connectivity index (χ4n) is 1.31. The molecule has 1 aromatic rings. The molecular weight excluding hydrogens is 188 g/mol. The molecule has 15 heavy (non-hydrogen) atoms. The zero-order valence-corrected chi connectivity index (χ0v) is 9.57. The summed E-state index contributed by atoms with van der Waals surface area (Å²) in [6, 6.07) is 5.78. The number of rotatable bonds is 6. The van der Waals surface area contributed by atoms with Crippen LogP contribution in [-0.2, 0) is 4.74 Å². The molecule has 0 radical (unpaired) electrons. The van der Waals surface area contributed by atoms with Crippen LogP contribution in [0.15, 0.2) is 18.2 Å². The summed E-state index contributed by atoms with van der Waals surface area (Å²) in [5.74, 6) is 0. The van der Waals surface area contributed by atoms with Crippen LogP contribution in [0, 0.1) is 6.92 Å². The Labute approximate surface area is 91.7 Å². The maximum absolute atomic E-state index is 5.96. The van der Waals surface area contributed by atoms with Crippen molar-refractivity contribution in [2.24, 2.45) is 5.73 Å². The minimum atomic E-state index is -0.109. The molecule has 0 amide bonds. The summed E-state index contributed by atoms with van der Waals surface area (Å²) in [4.78, 5) is 4.37. The summed E-state index contributed by atoms with van der Waals surface area (Å²) in [6.45, 7) is 5.45. The van der Waals surface area contributed by atoms with Crippen molar-refractivity contribution in [2.75, 3.05) is 13.2 Å². The van der Waals surface area contributed by atoms with Gasteiger partial charge >= 0.3 is 0 Å². The van der Waals surface area contributed by atoms with Crippen molar-refractivity contribution in [3.63, 3.8) is 0 Å². The summed E-state index contributed by atoms with van der Waals surface area (Å²) < 4.78 is 5.47. The zero-order valence-electron chi connectivity index (χ0n) is 9.57. The Morgan fingerprint density at radius 3 is 2.93 bits per heavy atom. The third-order valence-electron chi connectivity index (χ3n) is 2.23. The van der Waals surface area contributed by atoms with Crippen LogP contribution < -0.4 is 5.73 Å². The normalized spacial score (nSPS) is 12.7. The Hall–Kier alpha value is -0.930. The molecule has 1 rings (SSSR count). The highest BCUT2D eigenvalue weighted by atomic mass is 16.5. The number of nitrogens with zero attached hydrogens (tertiary/aromatic N) is 1. The lowest BCUT2D eigenvalue weighted by molar-refractivity contribution is 0.117. The minimum Gasteiger partial charge on any atom is -0.379 e. The van der Waals surface area contributed by atoms with Crippen molar-refractivity contribution in [1.29, 1.82) is 0 Å². The van der Waals surface area contributed by atoms with Crippen molar-refractivity contribution in [1.82, 2.24) is 4.98 Å². The SMILES string of the molecule is CCCCOCC(N)c1cccc(C)n1. The second-order valence-corrected chi connectivity index (χ2v) is 3.74. The van der Waals surface area contributed by atoms with E-state index in [-0.39, 0.29) is 6.04 Å². The maximum atomic E-state index is 5.96. The molecule has 0 saturated heterocycles. The fourth-order valence-corrected chi connectivity index (χ4v) is 1.31. The van der Waals surface area contributed by atoms with Crippen LogP contribution >= 0.6 is 0 Å². The molecular formula is C12H20N2O. The van der Waals surface area contributed by atoms with Crippen LogP contribution in [0.2, 0.25) is 0 Å². The van der Waals surface area contributed by atoms with Gasteiger partial charge in [0, 0.05) is 12.3 Å². The van der Waals surface area contributed by atoms with E-state index >= 15 is 0 Å². The highest BCUT2D eigenvalue weighted by molar-refractivity contribution is 5.12. The lowest BCUT2D eigenvalue weighted by Crippen LogP contribution is -2.19. The average molecular weight is 208 g/mol. The topological polar surface area (TPSA) is 48.1 Å². The van der Waals surface area contributed by atoms with Crippen LogP contribution in [0.1, 0.15) is 37.2 Å². The van der Waals surface area contributed by atoms with Crippen molar-refractivity contribution in [3.05, 3.63) is 29.6 Å². The molecule has 1 heterocycles. The van der Waals surface area contributed by atoms with Gasteiger partial charge < -0.3 is 10.5 Å². The molecule has 3 nitrogen and oxygen atoms in total. The highest BCUT2D eigenvalue weighted by Gasteiger charge is 2.06. The van der Waals surface area contributed by atoms with Gasteiger partial charge in [-0.05, 0) is 25.5 Å². The molecule has 1 aromatic heterocycles. The molecule has 0 aromatic carbocycles. The van der Waals surface area contributed by atoms with Gasteiger partial charge in [-0.15, -0.1) is 0 Å². The van der Waals surface area contributed by atoms with Crippen molar-refractivity contribution in [3.8, 4) is 0 Å². The summed E-state index contributed by atoms with van der Waals surface area (Å²) in [5.41, 5.74) is 7.86. The quantitative estimate of drug-likeness (QED) is 0.729. The summed E-state index contributed by atoms with van der Waals surface area (Å²) >= 11 is 0. The van der Waals surface area contributed by atoms with E-state index in [1.807, 2.05) is 25.1 Å². The Kier molecular flexibility index (Phi) is 5.29. The van der Waals surface area contributed by atoms with Gasteiger partial charge in [0.05, 0.1) is 18.3 Å². The molecule has 0 bridgehead atoms. The molecule has 0 spiro atoms. The lowest BCUT2D eigenvalue weighted by atomic mass is 10.2. The van der Waals surface area contributed by atoms with E-state index in [9.17, 15) is 0 Å². The van der Waals surface area contributed by atoms with Gasteiger partial charge in [-0.1, -0.05) is 19.4 Å². The molecule has 0 aliphatic carbocycles. The van der Waals surface area contributed by atoms with Crippen molar-refractivity contribution >= 4 is 0 Å². The first-order chi connectivity index (χ1) is 7.24. The maximum Gasteiger partial charge on any atom is 0.0707 e.